The van der Waals surface area contributed by atoms with Gasteiger partial charge in [-0.05, 0) is 12.5 Å². The fourth-order valence-electron chi connectivity index (χ4n) is 1.84. The average molecular weight is 278 g/mol. The van der Waals surface area contributed by atoms with Crippen molar-refractivity contribution >= 4 is 16.8 Å². The van der Waals surface area contributed by atoms with Crippen LogP contribution in [-0.4, -0.2) is 36.9 Å². The van der Waals surface area contributed by atoms with E-state index in [2.05, 4.69) is 21.0 Å². The molecule has 0 aliphatic rings. The van der Waals surface area contributed by atoms with Gasteiger partial charge in [-0.15, -0.1) is 0 Å². The number of H-pyrrole nitrogens is 1. The minimum Gasteiger partial charge on any atom is -0.493 e. The van der Waals surface area contributed by atoms with Crippen molar-refractivity contribution in [3.8, 4) is 11.5 Å². The molecule has 0 saturated carbocycles. The first-order valence-corrected chi connectivity index (χ1v) is 6.34. The molecule has 7 heteroatoms. The summed E-state index contributed by atoms with van der Waals surface area (Å²) in [5.74, 6) is 0.841. The summed E-state index contributed by atoms with van der Waals surface area (Å²) in [7, 11) is 3.11. The lowest BCUT2D eigenvalue weighted by atomic mass is 10.2. The van der Waals surface area contributed by atoms with E-state index < -0.39 is 0 Å². The van der Waals surface area contributed by atoms with Crippen molar-refractivity contribution in [2.45, 2.75) is 13.3 Å². The maximum atomic E-state index is 12.0. The Balaban J connectivity index is 2.33. The summed E-state index contributed by atoms with van der Waals surface area (Å²) < 4.78 is 10.4. The zero-order valence-corrected chi connectivity index (χ0v) is 11.7. The normalized spacial score (nSPS) is 10.6. The number of fused-ring (bicyclic) bond motifs is 1. The molecule has 0 fully saturated rings. The van der Waals surface area contributed by atoms with Gasteiger partial charge in [0.15, 0.2) is 17.2 Å². The van der Waals surface area contributed by atoms with Crippen molar-refractivity contribution < 1.29 is 14.3 Å². The Labute approximate surface area is 116 Å². The van der Waals surface area contributed by atoms with Crippen LogP contribution in [0.2, 0.25) is 0 Å². The van der Waals surface area contributed by atoms with Crippen molar-refractivity contribution in [2.75, 3.05) is 20.8 Å². The van der Waals surface area contributed by atoms with Gasteiger partial charge in [-0.25, -0.2) is 5.43 Å². The quantitative estimate of drug-likeness (QED) is 0.546. The minimum atomic E-state index is -0.295. The lowest BCUT2D eigenvalue weighted by Crippen LogP contribution is -2.38. The Hall–Kier alpha value is -2.28. The van der Waals surface area contributed by atoms with E-state index in [4.69, 9.17) is 9.47 Å². The van der Waals surface area contributed by atoms with Crippen LogP contribution in [0, 0.1) is 0 Å². The maximum Gasteiger partial charge on any atom is 0.286 e. The number of hydrogen-bond donors (Lipinski definition) is 3. The van der Waals surface area contributed by atoms with Crippen molar-refractivity contribution in [3.05, 3.63) is 17.8 Å². The number of nitrogens with zero attached hydrogens (tertiary/aromatic N) is 1. The summed E-state index contributed by atoms with van der Waals surface area (Å²) in [5.41, 5.74) is 6.45. The van der Waals surface area contributed by atoms with E-state index in [0.717, 1.165) is 6.42 Å². The summed E-state index contributed by atoms with van der Waals surface area (Å²) in [6.07, 6.45) is 0.923. The highest BCUT2D eigenvalue weighted by molar-refractivity contribution is 6.05. The number of hydrazine groups is 1. The second kappa shape index (κ2) is 6.25. The molecule has 1 aromatic heterocycles. The van der Waals surface area contributed by atoms with Crippen LogP contribution in [0.15, 0.2) is 12.1 Å². The van der Waals surface area contributed by atoms with Crippen LogP contribution in [0.1, 0.15) is 23.8 Å². The second-order valence-electron chi connectivity index (χ2n) is 4.21. The van der Waals surface area contributed by atoms with Gasteiger partial charge < -0.3 is 9.47 Å². The molecule has 0 spiro atoms. The number of benzene rings is 1. The van der Waals surface area contributed by atoms with Crippen LogP contribution >= 0.6 is 0 Å². The molecule has 0 atom stereocenters. The molecule has 20 heavy (non-hydrogen) atoms. The first kappa shape index (κ1) is 14.1. The zero-order chi connectivity index (χ0) is 14.5. The summed E-state index contributed by atoms with van der Waals surface area (Å²) in [4.78, 5) is 12.0. The van der Waals surface area contributed by atoms with E-state index in [9.17, 15) is 4.79 Å². The van der Waals surface area contributed by atoms with Gasteiger partial charge in [0.05, 0.1) is 19.7 Å². The van der Waals surface area contributed by atoms with E-state index in [1.54, 1.807) is 26.4 Å². The lowest BCUT2D eigenvalue weighted by Gasteiger charge is -2.07. The molecule has 1 amide bonds. The molecule has 1 heterocycles. The summed E-state index contributed by atoms with van der Waals surface area (Å²) in [5, 5.41) is 7.53. The van der Waals surface area contributed by atoms with Crippen molar-refractivity contribution in [1.82, 2.24) is 21.0 Å². The average Bonchev–Trinajstić information content (AvgIpc) is 2.88. The molecule has 7 nitrogen and oxygen atoms in total. The number of methoxy groups -OCH3 is 2. The predicted octanol–water partition coefficient (Wildman–Crippen LogP) is 1.22. The molecule has 0 radical (unpaired) electrons. The minimum absolute atomic E-state index is 0.295. The molecule has 2 rings (SSSR count). The third-order valence-corrected chi connectivity index (χ3v) is 2.86. The van der Waals surface area contributed by atoms with E-state index in [0.29, 0.717) is 34.6 Å². The molecular weight excluding hydrogens is 260 g/mol. The molecule has 0 unspecified atom stereocenters. The Kier molecular flexibility index (Phi) is 4.41. The van der Waals surface area contributed by atoms with E-state index in [1.807, 2.05) is 6.92 Å². The van der Waals surface area contributed by atoms with Gasteiger partial charge in [0.25, 0.3) is 5.91 Å². The summed E-state index contributed by atoms with van der Waals surface area (Å²) in [6, 6.07) is 3.48. The highest BCUT2D eigenvalue weighted by atomic mass is 16.5. The van der Waals surface area contributed by atoms with Gasteiger partial charge in [0.2, 0.25) is 0 Å². The van der Waals surface area contributed by atoms with Crippen molar-refractivity contribution in [2.24, 2.45) is 0 Å². The van der Waals surface area contributed by atoms with Gasteiger partial charge >= 0.3 is 0 Å². The third kappa shape index (κ3) is 2.67. The fraction of sp³-hybridized carbons (Fsp3) is 0.385. The van der Waals surface area contributed by atoms with E-state index >= 15 is 0 Å². The first-order valence-electron chi connectivity index (χ1n) is 6.34. The number of amides is 1. The number of carbonyl (C=O) groups is 1. The van der Waals surface area contributed by atoms with Gasteiger partial charge in [-0.3, -0.25) is 15.3 Å². The number of ether oxygens (including phenoxy) is 2. The Morgan fingerprint density at radius 3 is 2.65 bits per heavy atom. The lowest BCUT2D eigenvalue weighted by molar-refractivity contribution is 0.0930. The Morgan fingerprint density at radius 2 is 2.00 bits per heavy atom. The van der Waals surface area contributed by atoms with Crippen LogP contribution in [0.3, 0.4) is 0 Å². The first-order chi connectivity index (χ1) is 9.71. The molecule has 0 aliphatic heterocycles. The molecule has 3 N–H and O–H groups in total. The Bertz CT molecular complexity index is 609. The number of aromatic nitrogens is 2. The van der Waals surface area contributed by atoms with Gasteiger partial charge in [-0.1, -0.05) is 6.92 Å². The zero-order valence-electron chi connectivity index (χ0n) is 11.7. The van der Waals surface area contributed by atoms with Crippen LogP contribution < -0.4 is 20.3 Å². The van der Waals surface area contributed by atoms with E-state index in [-0.39, 0.29) is 5.91 Å². The summed E-state index contributed by atoms with van der Waals surface area (Å²) >= 11 is 0. The molecule has 1 aromatic carbocycles. The van der Waals surface area contributed by atoms with Crippen LogP contribution in [0.25, 0.3) is 10.9 Å². The van der Waals surface area contributed by atoms with E-state index in [1.165, 1.54) is 0 Å². The molecule has 2 aromatic rings. The topological polar surface area (TPSA) is 88.3 Å². The van der Waals surface area contributed by atoms with Gasteiger partial charge in [0, 0.05) is 18.0 Å². The summed E-state index contributed by atoms with van der Waals surface area (Å²) in [6.45, 7) is 2.71. The Morgan fingerprint density at radius 1 is 1.30 bits per heavy atom. The van der Waals surface area contributed by atoms with Crippen molar-refractivity contribution in [1.29, 1.82) is 0 Å². The standard InChI is InChI=1S/C13H18N4O3/c1-4-5-14-17-13(18)12-8-6-10(19-2)11(20-3)7-9(8)15-16-12/h6-7,14H,4-5H2,1-3H3,(H,15,16)(H,17,18). The van der Waals surface area contributed by atoms with Crippen LogP contribution in [-0.2, 0) is 0 Å². The second-order valence-corrected chi connectivity index (χ2v) is 4.21. The number of carbonyl (C=O) groups excluding carboxylic acids is 1. The largest absolute Gasteiger partial charge is 0.493 e. The number of nitrogens with one attached hydrogen (secondary N) is 3. The highest BCUT2D eigenvalue weighted by Gasteiger charge is 2.16. The number of hydrogen-bond acceptors (Lipinski definition) is 5. The number of aromatic amines is 1. The predicted molar refractivity (Wildman–Crippen MR) is 75.0 cm³/mol. The third-order valence-electron chi connectivity index (χ3n) is 2.86. The smallest absolute Gasteiger partial charge is 0.286 e. The van der Waals surface area contributed by atoms with Crippen LogP contribution in [0.4, 0.5) is 0 Å². The van der Waals surface area contributed by atoms with Crippen LogP contribution in [0.5, 0.6) is 11.5 Å². The SMILES string of the molecule is CCCNNC(=O)c1n[nH]c2cc(OC)c(OC)cc12. The highest BCUT2D eigenvalue weighted by Crippen LogP contribution is 2.32. The molecule has 0 aliphatic carbocycles. The number of rotatable bonds is 6. The molecular formula is C13H18N4O3. The fourth-order valence-corrected chi connectivity index (χ4v) is 1.84. The van der Waals surface area contributed by atoms with Gasteiger partial charge in [-0.2, -0.15) is 5.10 Å². The van der Waals surface area contributed by atoms with Gasteiger partial charge in [0.1, 0.15) is 0 Å². The molecule has 108 valence electrons. The maximum absolute atomic E-state index is 12.0. The monoisotopic (exact) mass is 278 g/mol. The molecule has 0 bridgehead atoms. The van der Waals surface area contributed by atoms with Crippen molar-refractivity contribution in [3.63, 3.8) is 0 Å². The molecule has 0 saturated heterocycles.